The fourth-order valence-electron chi connectivity index (χ4n) is 4.48. The SMILES string of the molecule is Nc1nn2cc(F)cnc2c1C(=O)Nc1cncnc1N1CCC(C(=O)N2CCNCC2)CC1. The second kappa shape index (κ2) is 9.17. The normalized spacial score (nSPS) is 17.2. The Hall–Kier alpha value is -3.87. The Bertz CT molecular complexity index is 1220. The van der Waals surface area contributed by atoms with Gasteiger partial charge in [0.25, 0.3) is 5.91 Å². The van der Waals surface area contributed by atoms with Crippen LogP contribution >= 0.6 is 0 Å². The number of aromatic nitrogens is 5. The van der Waals surface area contributed by atoms with Crippen LogP contribution in [0.3, 0.4) is 0 Å². The van der Waals surface area contributed by atoms with Crippen LogP contribution in [-0.4, -0.2) is 80.5 Å². The minimum absolute atomic E-state index is 0.0146. The summed E-state index contributed by atoms with van der Waals surface area (Å²) in [6.07, 6.45) is 6.42. The standard InChI is InChI=1S/C21H25FN10O2/c22-14-9-26-19-16(17(23)29-32(19)11-14)20(33)28-15-10-25-12-27-18(15)30-5-1-13(2-6-30)21(34)31-7-3-24-4-8-31/h9-13,24H,1-8H2,(H2,23,29)(H,28,33). The Morgan fingerprint density at radius 1 is 1.12 bits per heavy atom. The van der Waals surface area contributed by atoms with Crippen molar-refractivity contribution < 1.29 is 14.0 Å². The molecule has 0 radical (unpaired) electrons. The number of anilines is 3. The summed E-state index contributed by atoms with van der Waals surface area (Å²) >= 11 is 0. The molecule has 5 heterocycles. The van der Waals surface area contributed by atoms with Crippen LogP contribution in [0.15, 0.2) is 24.9 Å². The van der Waals surface area contributed by atoms with Crippen molar-refractivity contribution in [2.24, 2.45) is 5.92 Å². The maximum Gasteiger partial charge on any atom is 0.263 e. The number of carbonyl (C=O) groups is 2. The summed E-state index contributed by atoms with van der Waals surface area (Å²) in [7, 11) is 0. The number of nitrogens with zero attached hydrogens (tertiary/aromatic N) is 7. The summed E-state index contributed by atoms with van der Waals surface area (Å²) in [6.45, 7) is 4.40. The number of nitrogens with one attached hydrogen (secondary N) is 2. The van der Waals surface area contributed by atoms with Crippen molar-refractivity contribution in [3.63, 3.8) is 0 Å². The Morgan fingerprint density at radius 2 is 1.88 bits per heavy atom. The molecule has 0 aliphatic carbocycles. The Labute approximate surface area is 194 Å². The van der Waals surface area contributed by atoms with E-state index in [1.807, 2.05) is 9.80 Å². The molecule has 2 aliphatic rings. The maximum atomic E-state index is 13.5. The molecular formula is C21H25FN10O2. The van der Waals surface area contributed by atoms with Gasteiger partial charge in [-0.25, -0.2) is 23.9 Å². The van der Waals surface area contributed by atoms with Crippen molar-refractivity contribution >= 4 is 34.8 Å². The fraction of sp³-hybridized carbons (Fsp3) is 0.429. The minimum atomic E-state index is -0.598. The molecule has 0 saturated carbocycles. The molecule has 3 aromatic rings. The van der Waals surface area contributed by atoms with E-state index < -0.39 is 11.7 Å². The highest BCUT2D eigenvalue weighted by atomic mass is 19.1. The van der Waals surface area contributed by atoms with E-state index in [1.54, 1.807) is 0 Å². The van der Waals surface area contributed by atoms with Gasteiger partial charge in [-0.2, -0.15) is 0 Å². The van der Waals surface area contributed by atoms with Gasteiger partial charge in [0.05, 0.1) is 18.6 Å². The number of rotatable bonds is 4. The van der Waals surface area contributed by atoms with Crippen molar-refractivity contribution in [3.05, 3.63) is 36.3 Å². The van der Waals surface area contributed by atoms with Crippen LogP contribution in [0.4, 0.5) is 21.7 Å². The molecule has 5 rings (SSSR count). The lowest BCUT2D eigenvalue weighted by atomic mass is 9.95. The molecule has 0 aromatic carbocycles. The predicted molar refractivity (Wildman–Crippen MR) is 122 cm³/mol. The lowest BCUT2D eigenvalue weighted by Gasteiger charge is -2.36. The monoisotopic (exact) mass is 468 g/mol. The Morgan fingerprint density at radius 3 is 2.65 bits per heavy atom. The van der Waals surface area contributed by atoms with Gasteiger partial charge >= 0.3 is 0 Å². The number of fused-ring (bicyclic) bond motifs is 1. The third-order valence-electron chi connectivity index (χ3n) is 6.21. The summed E-state index contributed by atoms with van der Waals surface area (Å²) in [4.78, 5) is 42.2. The third-order valence-corrected chi connectivity index (χ3v) is 6.21. The molecule has 13 heteroatoms. The number of piperidine rings is 1. The van der Waals surface area contributed by atoms with E-state index in [1.165, 1.54) is 12.5 Å². The van der Waals surface area contributed by atoms with Crippen molar-refractivity contribution in [1.29, 1.82) is 0 Å². The molecule has 2 aliphatic heterocycles. The van der Waals surface area contributed by atoms with E-state index in [-0.39, 0.29) is 28.9 Å². The lowest BCUT2D eigenvalue weighted by molar-refractivity contribution is -0.136. The van der Waals surface area contributed by atoms with Gasteiger partial charge in [-0.1, -0.05) is 0 Å². The third kappa shape index (κ3) is 4.21. The highest BCUT2D eigenvalue weighted by molar-refractivity contribution is 6.12. The van der Waals surface area contributed by atoms with Gasteiger partial charge in [0.2, 0.25) is 5.91 Å². The summed E-state index contributed by atoms with van der Waals surface area (Å²) in [5.74, 6) is -0.457. The number of hydrogen-bond donors (Lipinski definition) is 3. The van der Waals surface area contributed by atoms with Crippen LogP contribution < -0.4 is 21.3 Å². The van der Waals surface area contributed by atoms with E-state index in [0.29, 0.717) is 37.4 Å². The summed E-state index contributed by atoms with van der Waals surface area (Å²) in [6, 6.07) is 0. The molecule has 0 unspecified atom stereocenters. The van der Waals surface area contributed by atoms with E-state index in [0.717, 1.165) is 43.1 Å². The molecule has 2 amide bonds. The molecular weight excluding hydrogens is 443 g/mol. The maximum absolute atomic E-state index is 13.5. The van der Waals surface area contributed by atoms with E-state index >= 15 is 0 Å². The van der Waals surface area contributed by atoms with Crippen LogP contribution in [0.2, 0.25) is 0 Å². The Balaban J connectivity index is 1.30. The molecule has 178 valence electrons. The van der Waals surface area contributed by atoms with Crippen molar-refractivity contribution in [1.82, 2.24) is 34.8 Å². The minimum Gasteiger partial charge on any atom is -0.381 e. The zero-order valence-corrected chi connectivity index (χ0v) is 18.4. The average Bonchev–Trinajstić information content (AvgIpc) is 3.19. The topological polar surface area (TPSA) is 147 Å². The second-order valence-corrected chi connectivity index (χ2v) is 8.35. The molecule has 4 N–H and O–H groups in total. The van der Waals surface area contributed by atoms with E-state index in [2.05, 4.69) is 30.7 Å². The van der Waals surface area contributed by atoms with E-state index in [4.69, 9.17) is 5.73 Å². The van der Waals surface area contributed by atoms with Gasteiger partial charge in [0, 0.05) is 45.2 Å². The zero-order valence-electron chi connectivity index (χ0n) is 18.4. The van der Waals surface area contributed by atoms with Gasteiger partial charge in [-0.15, -0.1) is 5.10 Å². The van der Waals surface area contributed by atoms with Gasteiger partial charge in [-0.05, 0) is 12.8 Å². The molecule has 0 bridgehead atoms. The molecule has 2 saturated heterocycles. The number of amides is 2. The van der Waals surface area contributed by atoms with Gasteiger partial charge in [0.1, 0.15) is 17.6 Å². The first-order valence-electron chi connectivity index (χ1n) is 11.2. The second-order valence-electron chi connectivity index (χ2n) is 8.35. The van der Waals surface area contributed by atoms with Gasteiger partial charge in [-0.3, -0.25) is 9.59 Å². The van der Waals surface area contributed by atoms with Crippen molar-refractivity contribution in [3.8, 4) is 0 Å². The van der Waals surface area contributed by atoms with Crippen LogP contribution in [-0.2, 0) is 4.79 Å². The first-order chi connectivity index (χ1) is 16.5. The fourth-order valence-corrected chi connectivity index (χ4v) is 4.48. The summed E-state index contributed by atoms with van der Waals surface area (Å²) in [5.41, 5.74) is 6.49. The lowest BCUT2D eigenvalue weighted by Crippen LogP contribution is -2.50. The molecule has 34 heavy (non-hydrogen) atoms. The number of hydrogen-bond acceptors (Lipinski definition) is 9. The number of nitrogen functional groups attached to an aromatic ring is 1. The first-order valence-corrected chi connectivity index (χ1v) is 11.2. The van der Waals surface area contributed by atoms with Crippen LogP contribution in [0.1, 0.15) is 23.2 Å². The molecule has 12 nitrogen and oxygen atoms in total. The molecule has 0 atom stereocenters. The largest absolute Gasteiger partial charge is 0.381 e. The highest BCUT2D eigenvalue weighted by Gasteiger charge is 2.31. The van der Waals surface area contributed by atoms with Crippen molar-refractivity contribution in [2.45, 2.75) is 12.8 Å². The van der Waals surface area contributed by atoms with Gasteiger partial charge < -0.3 is 26.2 Å². The molecule has 0 spiro atoms. The zero-order chi connectivity index (χ0) is 23.7. The van der Waals surface area contributed by atoms with Crippen molar-refractivity contribution in [2.75, 3.05) is 55.2 Å². The average molecular weight is 468 g/mol. The van der Waals surface area contributed by atoms with E-state index in [9.17, 15) is 14.0 Å². The van der Waals surface area contributed by atoms with Crippen LogP contribution in [0, 0.1) is 11.7 Å². The molecule has 3 aromatic heterocycles. The van der Waals surface area contributed by atoms with Crippen LogP contribution in [0.5, 0.6) is 0 Å². The smallest absolute Gasteiger partial charge is 0.263 e. The predicted octanol–water partition coefficient (Wildman–Crippen LogP) is 0.141. The number of halogens is 1. The number of piperazine rings is 1. The molecule has 2 fully saturated rings. The summed E-state index contributed by atoms with van der Waals surface area (Å²) < 4.78 is 14.6. The first kappa shape index (κ1) is 21.9. The quantitative estimate of drug-likeness (QED) is 0.486. The number of carbonyl (C=O) groups excluding carboxylic acids is 2. The number of nitrogens with two attached hydrogens (primary N) is 1. The Kier molecular flexibility index (Phi) is 5.92. The van der Waals surface area contributed by atoms with Crippen LogP contribution in [0.25, 0.3) is 5.65 Å². The highest BCUT2D eigenvalue weighted by Crippen LogP contribution is 2.29. The summed E-state index contributed by atoms with van der Waals surface area (Å²) in [5, 5.41) is 10.0. The van der Waals surface area contributed by atoms with Gasteiger partial charge in [0.15, 0.2) is 23.1 Å².